The van der Waals surface area contributed by atoms with Gasteiger partial charge in [0.25, 0.3) is 0 Å². The first-order chi connectivity index (χ1) is 8.88. The van der Waals surface area contributed by atoms with E-state index in [0.717, 1.165) is 25.4 Å². The number of benzene rings is 1. The Morgan fingerprint density at radius 3 is 3.11 bits per heavy atom. The van der Waals surface area contributed by atoms with Crippen molar-refractivity contribution < 1.29 is 4.74 Å². The first-order valence-corrected chi connectivity index (χ1v) is 7.04. The lowest BCUT2D eigenvalue weighted by Crippen LogP contribution is -2.41. The summed E-state index contributed by atoms with van der Waals surface area (Å²) in [4.78, 5) is 0. The van der Waals surface area contributed by atoms with Crippen molar-refractivity contribution in [2.45, 2.75) is 38.8 Å². The van der Waals surface area contributed by atoms with E-state index in [1.165, 1.54) is 31.4 Å². The fraction of sp³-hybridized carbons (Fsp3) is 0.600. The molecule has 2 rings (SSSR count). The monoisotopic (exact) mass is 248 g/mol. The maximum absolute atomic E-state index is 5.50. The van der Waals surface area contributed by atoms with Crippen LogP contribution in [0.2, 0.25) is 0 Å². The van der Waals surface area contributed by atoms with Gasteiger partial charge in [-0.05, 0) is 44.0 Å². The third kappa shape index (κ3) is 4.31. The molecular formula is C15H24N2O. The average molecular weight is 248 g/mol. The lowest BCUT2D eigenvalue weighted by atomic mass is 10.1. The molecule has 2 N–H and O–H groups in total. The van der Waals surface area contributed by atoms with Crippen LogP contribution in [0.15, 0.2) is 24.3 Å². The second-order valence-electron chi connectivity index (χ2n) is 4.86. The van der Waals surface area contributed by atoms with Gasteiger partial charge in [0.2, 0.25) is 0 Å². The molecule has 1 aliphatic rings. The summed E-state index contributed by atoms with van der Waals surface area (Å²) in [6, 6.07) is 8.97. The average Bonchev–Trinajstić information content (AvgIpc) is 2.41. The molecule has 0 radical (unpaired) electrons. The van der Waals surface area contributed by atoms with E-state index in [0.29, 0.717) is 6.04 Å². The number of ether oxygens (including phenoxy) is 1. The molecule has 1 aromatic rings. The minimum absolute atomic E-state index is 0.647. The van der Waals surface area contributed by atoms with Crippen LogP contribution in [-0.4, -0.2) is 25.7 Å². The summed E-state index contributed by atoms with van der Waals surface area (Å²) >= 11 is 0. The highest BCUT2D eigenvalue weighted by Gasteiger charge is 2.11. The Morgan fingerprint density at radius 1 is 1.39 bits per heavy atom. The maximum atomic E-state index is 5.50. The van der Waals surface area contributed by atoms with Crippen LogP contribution in [0.3, 0.4) is 0 Å². The van der Waals surface area contributed by atoms with Crippen molar-refractivity contribution in [3.63, 3.8) is 0 Å². The lowest BCUT2D eigenvalue weighted by molar-refractivity contribution is 0.339. The second-order valence-corrected chi connectivity index (χ2v) is 4.86. The predicted molar refractivity (Wildman–Crippen MR) is 75.0 cm³/mol. The topological polar surface area (TPSA) is 33.3 Å². The van der Waals surface area contributed by atoms with Crippen LogP contribution in [0.5, 0.6) is 5.75 Å². The summed E-state index contributed by atoms with van der Waals surface area (Å²) < 4.78 is 5.50. The lowest BCUT2D eigenvalue weighted by Gasteiger charge is -2.23. The van der Waals surface area contributed by atoms with Gasteiger partial charge in [0.05, 0.1) is 6.61 Å². The van der Waals surface area contributed by atoms with Gasteiger partial charge in [-0.1, -0.05) is 18.6 Å². The zero-order chi connectivity index (χ0) is 12.6. The molecule has 0 saturated carbocycles. The summed E-state index contributed by atoms with van der Waals surface area (Å²) in [5.41, 5.74) is 1.29. The summed E-state index contributed by atoms with van der Waals surface area (Å²) in [5, 5.41) is 7.07. The number of nitrogens with one attached hydrogen (secondary N) is 2. The van der Waals surface area contributed by atoms with Gasteiger partial charge >= 0.3 is 0 Å². The van der Waals surface area contributed by atoms with Gasteiger partial charge in [-0.15, -0.1) is 0 Å². The Hall–Kier alpha value is -1.06. The van der Waals surface area contributed by atoms with Crippen LogP contribution in [0.25, 0.3) is 0 Å². The largest absolute Gasteiger partial charge is 0.494 e. The molecule has 100 valence electrons. The van der Waals surface area contributed by atoms with Crippen LogP contribution in [0.4, 0.5) is 0 Å². The van der Waals surface area contributed by atoms with E-state index in [9.17, 15) is 0 Å². The summed E-state index contributed by atoms with van der Waals surface area (Å²) in [7, 11) is 0. The first-order valence-electron chi connectivity index (χ1n) is 7.04. The zero-order valence-corrected chi connectivity index (χ0v) is 11.2. The minimum Gasteiger partial charge on any atom is -0.494 e. The van der Waals surface area contributed by atoms with Crippen molar-refractivity contribution in [1.82, 2.24) is 10.6 Å². The molecule has 0 bridgehead atoms. The number of hydrogen-bond donors (Lipinski definition) is 2. The molecule has 1 atom stereocenters. The van der Waals surface area contributed by atoms with Crippen LogP contribution in [-0.2, 0) is 6.54 Å². The van der Waals surface area contributed by atoms with E-state index in [4.69, 9.17) is 4.74 Å². The molecule has 1 heterocycles. The SMILES string of the molecule is CCOc1cccc(CNCC2CCCCN2)c1. The molecule has 1 saturated heterocycles. The van der Waals surface area contributed by atoms with Gasteiger partial charge in [-0.2, -0.15) is 0 Å². The van der Waals surface area contributed by atoms with Gasteiger partial charge in [0.1, 0.15) is 5.75 Å². The molecule has 0 amide bonds. The number of rotatable bonds is 6. The molecule has 1 unspecified atom stereocenters. The standard InChI is InChI=1S/C15H24N2O/c1-2-18-15-8-5-6-13(10-15)11-16-12-14-7-3-4-9-17-14/h5-6,8,10,14,16-17H,2-4,7,9,11-12H2,1H3. The Kier molecular flexibility index (Phi) is 5.49. The highest BCUT2D eigenvalue weighted by molar-refractivity contribution is 5.28. The van der Waals surface area contributed by atoms with Crippen molar-refractivity contribution in [3.05, 3.63) is 29.8 Å². The van der Waals surface area contributed by atoms with Crippen LogP contribution in [0, 0.1) is 0 Å². The van der Waals surface area contributed by atoms with E-state index < -0.39 is 0 Å². The molecule has 0 spiro atoms. The highest BCUT2D eigenvalue weighted by Crippen LogP contribution is 2.13. The summed E-state index contributed by atoms with van der Waals surface area (Å²) in [6.07, 6.45) is 3.98. The van der Waals surface area contributed by atoms with Crippen molar-refractivity contribution in [2.75, 3.05) is 19.7 Å². The highest BCUT2D eigenvalue weighted by atomic mass is 16.5. The van der Waals surface area contributed by atoms with Gasteiger partial charge in [0.15, 0.2) is 0 Å². The van der Waals surface area contributed by atoms with Gasteiger partial charge in [-0.25, -0.2) is 0 Å². The smallest absolute Gasteiger partial charge is 0.119 e. The van der Waals surface area contributed by atoms with E-state index in [-0.39, 0.29) is 0 Å². The molecule has 3 nitrogen and oxygen atoms in total. The van der Waals surface area contributed by atoms with Gasteiger partial charge in [-0.3, -0.25) is 0 Å². The van der Waals surface area contributed by atoms with Crippen LogP contribution < -0.4 is 15.4 Å². The Bertz CT molecular complexity index is 348. The number of hydrogen-bond acceptors (Lipinski definition) is 3. The molecule has 18 heavy (non-hydrogen) atoms. The fourth-order valence-corrected chi connectivity index (χ4v) is 2.40. The predicted octanol–water partition coefficient (Wildman–Crippen LogP) is 2.32. The fourth-order valence-electron chi connectivity index (χ4n) is 2.40. The Labute approximate surface area is 110 Å². The third-order valence-electron chi connectivity index (χ3n) is 3.34. The van der Waals surface area contributed by atoms with E-state index in [2.05, 4.69) is 28.8 Å². The molecule has 3 heteroatoms. The van der Waals surface area contributed by atoms with Crippen LogP contribution >= 0.6 is 0 Å². The molecule has 1 fully saturated rings. The molecule has 1 aliphatic heterocycles. The van der Waals surface area contributed by atoms with Crippen molar-refractivity contribution in [1.29, 1.82) is 0 Å². The number of piperidine rings is 1. The second kappa shape index (κ2) is 7.39. The summed E-state index contributed by atoms with van der Waals surface area (Å²) in [6.45, 7) is 5.88. The molecule has 1 aromatic carbocycles. The maximum Gasteiger partial charge on any atom is 0.119 e. The zero-order valence-electron chi connectivity index (χ0n) is 11.2. The van der Waals surface area contributed by atoms with Crippen molar-refractivity contribution >= 4 is 0 Å². The van der Waals surface area contributed by atoms with E-state index in [1.807, 2.05) is 13.0 Å². The molecule has 0 aliphatic carbocycles. The Morgan fingerprint density at radius 2 is 2.33 bits per heavy atom. The quantitative estimate of drug-likeness (QED) is 0.810. The van der Waals surface area contributed by atoms with Gasteiger partial charge in [0, 0.05) is 19.1 Å². The van der Waals surface area contributed by atoms with Crippen molar-refractivity contribution in [2.24, 2.45) is 0 Å². The van der Waals surface area contributed by atoms with Crippen LogP contribution in [0.1, 0.15) is 31.7 Å². The van der Waals surface area contributed by atoms with E-state index >= 15 is 0 Å². The van der Waals surface area contributed by atoms with Gasteiger partial charge < -0.3 is 15.4 Å². The third-order valence-corrected chi connectivity index (χ3v) is 3.34. The molecule has 0 aromatic heterocycles. The summed E-state index contributed by atoms with van der Waals surface area (Å²) in [5.74, 6) is 0.965. The minimum atomic E-state index is 0.647. The first kappa shape index (κ1) is 13.4. The van der Waals surface area contributed by atoms with Crippen molar-refractivity contribution in [3.8, 4) is 5.75 Å². The molecular weight excluding hydrogens is 224 g/mol. The Balaban J connectivity index is 1.73. The normalized spacial score (nSPS) is 19.7. The van der Waals surface area contributed by atoms with E-state index in [1.54, 1.807) is 0 Å².